The first-order chi connectivity index (χ1) is 6.67. The van der Waals surface area contributed by atoms with E-state index in [0.717, 1.165) is 12.1 Å². The molecule has 0 aromatic carbocycles. The highest BCUT2D eigenvalue weighted by atomic mass is 16.2. The van der Waals surface area contributed by atoms with Crippen molar-refractivity contribution in [1.82, 2.24) is 9.47 Å². The molecule has 0 bridgehead atoms. The normalized spacial score (nSPS) is 10.2. The smallest absolute Gasteiger partial charge is 0.242 e. The fraction of sp³-hybridized carbons (Fsp3) is 0.500. The maximum atomic E-state index is 11.5. The Balaban J connectivity index is 2.56. The van der Waals surface area contributed by atoms with E-state index in [2.05, 4.69) is 0 Å². The van der Waals surface area contributed by atoms with Crippen molar-refractivity contribution in [2.75, 3.05) is 13.6 Å². The van der Waals surface area contributed by atoms with E-state index < -0.39 is 0 Å². The highest BCUT2D eigenvalue weighted by Crippen LogP contribution is 2.00. The maximum absolute atomic E-state index is 11.5. The van der Waals surface area contributed by atoms with Gasteiger partial charge in [0.05, 0.1) is 0 Å². The molecule has 1 amide bonds. The van der Waals surface area contributed by atoms with Gasteiger partial charge >= 0.3 is 0 Å². The van der Waals surface area contributed by atoms with Gasteiger partial charge < -0.3 is 15.2 Å². The van der Waals surface area contributed by atoms with Crippen molar-refractivity contribution in [2.24, 2.45) is 5.73 Å². The van der Waals surface area contributed by atoms with Crippen molar-refractivity contribution in [3.05, 3.63) is 24.0 Å². The van der Waals surface area contributed by atoms with Crippen molar-refractivity contribution < 1.29 is 4.79 Å². The second-order valence-corrected chi connectivity index (χ2v) is 3.30. The van der Waals surface area contributed by atoms with E-state index in [9.17, 15) is 4.79 Å². The van der Waals surface area contributed by atoms with E-state index in [-0.39, 0.29) is 5.91 Å². The predicted molar refractivity (Wildman–Crippen MR) is 55.6 cm³/mol. The zero-order chi connectivity index (χ0) is 10.6. The van der Waals surface area contributed by atoms with Gasteiger partial charge in [-0.3, -0.25) is 4.79 Å². The molecule has 0 spiro atoms. The van der Waals surface area contributed by atoms with Gasteiger partial charge in [0.2, 0.25) is 5.91 Å². The number of hydrogen-bond acceptors (Lipinski definition) is 2. The Hall–Kier alpha value is -1.29. The summed E-state index contributed by atoms with van der Waals surface area (Å²) in [5.74, 6) is 0.117. The van der Waals surface area contributed by atoms with Crippen LogP contribution in [-0.2, 0) is 17.9 Å². The zero-order valence-electron chi connectivity index (χ0n) is 8.73. The lowest BCUT2D eigenvalue weighted by atomic mass is 10.3. The van der Waals surface area contributed by atoms with Gasteiger partial charge in [0.15, 0.2) is 0 Å². The Morgan fingerprint density at radius 3 is 2.86 bits per heavy atom. The Morgan fingerprint density at radius 2 is 2.36 bits per heavy atom. The lowest BCUT2D eigenvalue weighted by molar-refractivity contribution is -0.130. The number of carbonyl (C=O) groups is 1. The van der Waals surface area contributed by atoms with Gasteiger partial charge in [0, 0.05) is 32.5 Å². The summed E-state index contributed by atoms with van der Waals surface area (Å²) in [6, 6.07) is 1.93. The molecule has 1 aromatic rings. The number of nitrogens with two attached hydrogens (primary N) is 1. The van der Waals surface area contributed by atoms with Crippen LogP contribution in [0, 0.1) is 0 Å². The highest BCUT2D eigenvalue weighted by Gasteiger charge is 2.06. The topological polar surface area (TPSA) is 51.3 Å². The van der Waals surface area contributed by atoms with Crippen LogP contribution in [-0.4, -0.2) is 29.0 Å². The van der Waals surface area contributed by atoms with Crippen LogP contribution in [0.2, 0.25) is 0 Å². The molecule has 0 atom stereocenters. The summed E-state index contributed by atoms with van der Waals surface area (Å²) in [5, 5.41) is 0. The third-order valence-electron chi connectivity index (χ3n) is 2.27. The number of carbonyl (C=O) groups excluding carboxylic acids is 1. The van der Waals surface area contributed by atoms with Crippen molar-refractivity contribution in [3.8, 4) is 0 Å². The number of likely N-dealkylation sites (N-methyl/N-ethyl adjacent to an activating group) is 1. The van der Waals surface area contributed by atoms with Crippen molar-refractivity contribution in [1.29, 1.82) is 0 Å². The van der Waals surface area contributed by atoms with Gasteiger partial charge in [-0.05, 0) is 18.6 Å². The van der Waals surface area contributed by atoms with E-state index in [1.54, 1.807) is 11.9 Å². The summed E-state index contributed by atoms with van der Waals surface area (Å²) in [7, 11) is 1.80. The molecule has 78 valence electrons. The van der Waals surface area contributed by atoms with Crippen LogP contribution in [0.15, 0.2) is 18.5 Å². The summed E-state index contributed by atoms with van der Waals surface area (Å²) in [6.45, 7) is 3.61. The second kappa shape index (κ2) is 4.81. The SMILES string of the molecule is CCN(C)C(=O)Cn1ccc(CN)c1. The fourth-order valence-electron chi connectivity index (χ4n) is 1.16. The minimum atomic E-state index is 0.117. The predicted octanol–water partition coefficient (Wildman–Crippen LogP) is 0.425. The molecule has 0 radical (unpaired) electrons. The Morgan fingerprint density at radius 1 is 1.64 bits per heavy atom. The molecule has 4 nitrogen and oxygen atoms in total. The lowest BCUT2D eigenvalue weighted by Crippen LogP contribution is -2.29. The number of aromatic nitrogens is 1. The minimum absolute atomic E-state index is 0.117. The molecule has 1 aromatic heterocycles. The van der Waals surface area contributed by atoms with Crippen molar-refractivity contribution >= 4 is 5.91 Å². The molecule has 0 saturated carbocycles. The third kappa shape index (κ3) is 2.60. The third-order valence-corrected chi connectivity index (χ3v) is 2.27. The lowest BCUT2D eigenvalue weighted by Gasteiger charge is -2.14. The van der Waals surface area contributed by atoms with Gasteiger partial charge in [-0.25, -0.2) is 0 Å². The first-order valence-corrected chi connectivity index (χ1v) is 4.76. The van der Waals surface area contributed by atoms with E-state index in [4.69, 9.17) is 5.73 Å². The molecule has 2 N–H and O–H groups in total. The second-order valence-electron chi connectivity index (χ2n) is 3.30. The first-order valence-electron chi connectivity index (χ1n) is 4.76. The average molecular weight is 195 g/mol. The first kappa shape index (κ1) is 10.8. The Labute approximate surface area is 84.3 Å². The molecular weight excluding hydrogens is 178 g/mol. The summed E-state index contributed by atoms with van der Waals surface area (Å²) in [5.41, 5.74) is 6.52. The van der Waals surface area contributed by atoms with Gasteiger partial charge in [0.25, 0.3) is 0 Å². The van der Waals surface area contributed by atoms with Gasteiger partial charge in [0.1, 0.15) is 6.54 Å². The van der Waals surface area contributed by atoms with Crippen LogP contribution >= 0.6 is 0 Å². The molecule has 0 fully saturated rings. The Kier molecular flexibility index (Phi) is 3.71. The van der Waals surface area contributed by atoms with Gasteiger partial charge in [-0.15, -0.1) is 0 Å². The molecule has 1 heterocycles. The van der Waals surface area contributed by atoms with Crippen molar-refractivity contribution in [2.45, 2.75) is 20.0 Å². The summed E-state index contributed by atoms with van der Waals surface area (Å²) >= 11 is 0. The number of amides is 1. The summed E-state index contributed by atoms with van der Waals surface area (Å²) in [4.78, 5) is 13.2. The molecule has 14 heavy (non-hydrogen) atoms. The number of nitrogens with zero attached hydrogens (tertiary/aromatic N) is 2. The minimum Gasteiger partial charge on any atom is -0.345 e. The summed E-state index contributed by atoms with van der Waals surface area (Å²) < 4.78 is 1.86. The molecule has 0 saturated heterocycles. The largest absolute Gasteiger partial charge is 0.345 e. The molecule has 1 rings (SSSR count). The molecule has 0 aliphatic rings. The van der Waals surface area contributed by atoms with Crippen LogP contribution in [0.3, 0.4) is 0 Å². The van der Waals surface area contributed by atoms with Gasteiger partial charge in [-0.1, -0.05) is 0 Å². The average Bonchev–Trinajstić information content (AvgIpc) is 2.64. The molecular formula is C10H17N3O. The number of rotatable bonds is 4. The van der Waals surface area contributed by atoms with Crippen LogP contribution in [0.1, 0.15) is 12.5 Å². The van der Waals surface area contributed by atoms with E-state index in [1.807, 2.05) is 30.0 Å². The maximum Gasteiger partial charge on any atom is 0.242 e. The van der Waals surface area contributed by atoms with E-state index >= 15 is 0 Å². The van der Waals surface area contributed by atoms with Crippen molar-refractivity contribution in [3.63, 3.8) is 0 Å². The Bertz CT molecular complexity index is 306. The van der Waals surface area contributed by atoms with Crippen LogP contribution in [0.4, 0.5) is 0 Å². The van der Waals surface area contributed by atoms with E-state index in [0.29, 0.717) is 13.1 Å². The fourth-order valence-corrected chi connectivity index (χ4v) is 1.16. The monoisotopic (exact) mass is 195 g/mol. The molecule has 0 aliphatic carbocycles. The molecule has 0 unspecified atom stereocenters. The van der Waals surface area contributed by atoms with Crippen LogP contribution in [0.25, 0.3) is 0 Å². The van der Waals surface area contributed by atoms with Gasteiger partial charge in [-0.2, -0.15) is 0 Å². The standard InChI is InChI=1S/C10H17N3O/c1-3-12(2)10(14)8-13-5-4-9(6-11)7-13/h4-5,7H,3,6,8,11H2,1-2H3. The summed E-state index contributed by atoms with van der Waals surface area (Å²) in [6.07, 6.45) is 3.78. The molecule has 4 heteroatoms. The van der Waals surface area contributed by atoms with Crippen LogP contribution in [0.5, 0.6) is 0 Å². The highest BCUT2D eigenvalue weighted by molar-refractivity contribution is 5.75. The van der Waals surface area contributed by atoms with E-state index in [1.165, 1.54) is 0 Å². The molecule has 0 aliphatic heterocycles. The van der Waals surface area contributed by atoms with Crippen LogP contribution < -0.4 is 5.73 Å². The number of hydrogen-bond donors (Lipinski definition) is 1. The quantitative estimate of drug-likeness (QED) is 0.757. The zero-order valence-corrected chi connectivity index (χ0v) is 8.73.